The molecule has 90 valence electrons. The Hall–Kier alpha value is -0.810. The van der Waals surface area contributed by atoms with Crippen molar-refractivity contribution in [2.75, 3.05) is 26.2 Å². The van der Waals surface area contributed by atoms with Crippen LogP contribution >= 0.6 is 0 Å². The average molecular weight is 217 g/mol. The van der Waals surface area contributed by atoms with Crippen LogP contribution in [0.5, 0.6) is 0 Å². The molecular weight excluding hydrogens is 194 g/mol. The lowest BCUT2D eigenvalue weighted by molar-refractivity contribution is 0.0605. The van der Waals surface area contributed by atoms with Gasteiger partial charge in [-0.1, -0.05) is 12.1 Å². The molecule has 0 rings (SSSR count). The number of hydrogen-bond donors (Lipinski definition) is 2. The van der Waals surface area contributed by atoms with Gasteiger partial charge in [-0.05, 0) is 20.4 Å². The minimum Gasteiger partial charge on any atom is -0.409 e. The third-order valence-corrected chi connectivity index (χ3v) is 2.12. The fourth-order valence-corrected chi connectivity index (χ4v) is 1.17. The maximum atomic E-state index is 8.39. The van der Waals surface area contributed by atoms with Crippen molar-refractivity contribution in [1.82, 2.24) is 4.90 Å². The lowest BCUT2D eigenvalue weighted by atomic mass is 10.3. The van der Waals surface area contributed by atoms with E-state index in [0.717, 1.165) is 26.2 Å². The van der Waals surface area contributed by atoms with Crippen molar-refractivity contribution < 1.29 is 9.94 Å². The summed E-state index contributed by atoms with van der Waals surface area (Å²) in [6, 6.07) is 0. The van der Waals surface area contributed by atoms with Crippen LogP contribution in [0.3, 0.4) is 0 Å². The normalized spacial score (nSPS) is 12.7. The molecule has 0 aromatic rings. The number of rotatable bonds is 8. The van der Waals surface area contributed by atoms with Crippen LogP contribution in [0, 0.1) is 0 Å². The van der Waals surface area contributed by atoms with E-state index >= 15 is 0 Å². The zero-order valence-corrected chi connectivity index (χ0v) is 9.94. The molecule has 5 heteroatoms. The summed E-state index contributed by atoms with van der Waals surface area (Å²) >= 11 is 0. The summed E-state index contributed by atoms with van der Waals surface area (Å²) in [6.07, 6.45) is 0.860. The van der Waals surface area contributed by atoms with Crippen molar-refractivity contribution in [2.45, 2.75) is 33.3 Å². The zero-order chi connectivity index (χ0) is 11.7. The molecule has 0 unspecified atom stereocenters. The Labute approximate surface area is 91.9 Å². The molecule has 0 fully saturated rings. The topological polar surface area (TPSA) is 71.1 Å². The summed E-state index contributed by atoms with van der Waals surface area (Å²) in [4.78, 5) is 2.21. The first kappa shape index (κ1) is 14.2. The second-order valence-corrected chi connectivity index (χ2v) is 3.70. The third kappa shape index (κ3) is 8.20. The number of likely N-dealkylation sites (N-methyl/N-ethyl adjacent to an activating group) is 1. The predicted molar refractivity (Wildman–Crippen MR) is 61.2 cm³/mol. The van der Waals surface area contributed by atoms with Gasteiger partial charge in [0, 0.05) is 19.5 Å². The van der Waals surface area contributed by atoms with Crippen LogP contribution in [0.15, 0.2) is 5.16 Å². The summed E-state index contributed by atoms with van der Waals surface area (Å²) in [5.41, 5.74) is 5.39. The Morgan fingerprint density at radius 2 is 2.13 bits per heavy atom. The number of oxime groups is 1. The number of amidine groups is 1. The fraction of sp³-hybridized carbons (Fsp3) is 0.900. The first-order valence-corrected chi connectivity index (χ1v) is 5.40. The maximum Gasteiger partial charge on any atom is 0.140 e. The standard InChI is InChI=1S/C10H23N3O2/c1-4-13(6-5-10(11)12-14)7-8-15-9(2)3/h9,14H,4-8H2,1-3H3,(H2,11,12). The van der Waals surface area contributed by atoms with Gasteiger partial charge in [0.05, 0.1) is 12.7 Å². The van der Waals surface area contributed by atoms with Crippen molar-refractivity contribution in [3.8, 4) is 0 Å². The molecule has 0 spiro atoms. The van der Waals surface area contributed by atoms with E-state index in [9.17, 15) is 0 Å². The quantitative estimate of drug-likeness (QED) is 0.274. The second-order valence-electron chi connectivity index (χ2n) is 3.70. The molecule has 0 aromatic carbocycles. The average Bonchev–Trinajstić information content (AvgIpc) is 2.22. The highest BCUT2D eigenvalue weighted by atomic mass is 16.5. The molecule has 3 N–H and O–H groups in total. The van der Waals surface area contributed by atoms with Gasteiger partial charge in [-0.3, -0.25) is 0 Å². The number of nitrogens with zero attached hydrogens (tertiary/aromatic N) is 2. The molecular formula is C10H23N3O2. The molecule has 0 heterocycles. The smallest absolute Gasteiger partial charge is 0.140 e. The largest absolute Gasteiger partial charge is 0.409 e. The van der Waals surface area contributed by atoms with Gasteiger partial charge in [0.2, 0.25) is 0 Å². The van der Waals surface area contributed by atoms with E-state index in [1.165, 1.54) is 0 Å². The predicted octanol–water partition coefficient (Wildman–Crippen LogP) is 0.870. The van der Waals surface area contributed by atoms with E-state index in [0.29, 0.717) is 6.42 Å². The second kappa shape index (κ2) is 8.49. The molecule has 0 saturated heterocycles. The van der Waals surface area contributed by atoms with Crippen molar-refractivity contribution in [3.63, 3.8) is 0 Å². The molecule has 15 heavy (non-hydrogen) atoms. The van der Waals surface area contributed by atoms with Gasteiger partial charge >= 0.3 is 0 Å². The molecule has 0 saturated carbocycles. The van der Waals surface area contributed by atoms with E-state index in [4.69, 9.17) is 15.7 Å². The molecule has 5 nitrogen and oxygen atoms in total. The van der Waals surface area contributed by atoms with E-state index < -0.39 is 0 Å². The van der Waals surface area contributed by atoms with Gasteiger partial charge in [-0.2, -0.15) is 0 Å². The molecule has 0 amide bonds. The van der Waals surface area contributed by atoms with Gasteiger partial charge in [0.1, 0.15) is 5.84 Å². The molecule has 0 atom stereocenters. The van der Waals surface area contributed by atoms with E-state index in [2.05, 4.69) is 17.0 Å². The van der Waals surface area contributed by atoms with Crippen LogP contribution in [-0.4, -0.2) is 48.3 Å². The van der Waals surface area contributed by atoms with Crippen LogP contribution in [-0.2, 0) is 4.74 Å². The fourth-order valence-electron chi connectivity index (χ4n) is 1.17. The van der Waals surface area contributed by atoms with Crippen LogP contribution in [0.4, 0.5) is 0 Å². The highest BCUT2D eigenvalue weighted by Gasteiger charge is 2.04. The monoisotopic (exact) mass is 217 g/mol. The summed E-state index contributed by atoms with van der Waals surface area (Å²) in [5.74, 6) is 0.276. The number of ether oxygens (including phenoxy) is 1. The van der Waals surface area contributed by atoms with Gasteiger partial charge < -0.3 is 20.6 Å². The van der Waals surface area contributed by atoms with Crippen LogP contribution < -0.4 is 5.73 Å². The minimum atomic E-state index is 0.271. The number of nitrogens with two attached hydrogens (primary N) is 1. The van der Waals surface area contributed by atoms with Gasteiger partial charge in [0.15, 0.2) is 0 Å². The molecule has 0 aliphatic rings. The minimum absolute atomic E-state index is 0.271. The van der Waals surface area contributed by atoms with Crippen LogP contribution in [0.1, 0.15) is 27.2 Å². The maximum absolute atomic E-state index is 8.39. The summed E-state index contributed by atoms with van der Waals surface area (Å²) in [5, 5.41) is 11.3. The molecule has 0 aliphatic heterocycles. The van der Waals surface area contributed by atoms with Gasteiger partial charge in [0.25, 0.3) is 0 Å². The van der Waals surface area contributed by atoms with E-state index in [1.54, 1.807) is 0 Å². The molecule has 0 radical (unpaired) electrons. The number of hydrogen-bond acceptors (Lipinski definition) is 4. The van der Waals surface area contributed by atoms with E-state index in [1.807, 2.05) is 13.8 Å². The van der Waals surface area contributed by atoms with Crippen LogP contribution in [0.2, 0.25) is 0 Å². The SMILES string of the molecule is CCN(CCOC(C)C)CCC(N)=NO. The zero-order valence-electron chi connectivity index (χ0n) is 9.94. The lowest BCUT2D eigenvalue weighted by Crippen LogP contribution is -2.31. The Morgan fingerprint density at radius 3 is 2.60 bits per heavy atom. The molecule has 0 bridgehead atoms. The summed E-state index contributed by atoms with van der Waals surface area (Å²) in [6.45, 7) is 9.48. The van der Waals surface area contributed by atoms with Crippen molar-refractivity contribution in [3.05, 3.63) is 0 Å². The van der Waals surface area contributed by atoms with E-state index in [-0.39, 0.29) is 11.9 Å². The summed E-state index contributed by atoms with van der Waals surface area (Å²) in [7, 11) is 0. The van der Waals surface area contributed by atoms with Gasteiger partial charge in [-0.15, -0.1) is 0 Å². The van der Waals surface area contributed by atoms with Crippen molar-refractivity contribution in [2.24, 2.45) is 10.9 Å². The Kier molecular flexibility index (Phi) is 8.04. The summed E-state index contributed by atoms with van der Waals surface area (Å²) < 4.78 is 5.45. The third-order valence-electron chi connectivity index (χ3n) is 2.12. The van der Waals surface area contributed by atoms with Crippen molar-refractivity contribution >= 4 is 5.84 Å². The highest BCUT2D eigenvalue weighted by Crippen LogP contribution is 1.94. The van der Waals surface area contributed by atoms with Crippen LogP contribution in [0.25, 0.3) is 0 Å². The van der Waals surface area contributed by atoms with Crippen molar-refractivity contribution in [1.29, 1.82) is 0 Å². The van der Waals surface area contributed by atoms with Gasteiger partial charge in [-0.25, -0.2) is 0 Å². The first-order chi connectivity index (χ1) is 7.10. The highest BCUT2D eigenvalue weighted by molar-refractivity contribution is 5.79. The Balaban J connectivity index is 3.64. The first-order valence-electron chi connectivity index (χ1n) is 5.40. The Morgan fingerprint density at radius 1 is 1.47 bits per heavy atom. The molecule has 0 aliphatic carbocycles. The Bertz CT molecular complexity index is 184. The molecule has 0 aromatic heterocycles. The lowest BCUT2D eigenvalue weighted by Gasteiger charge is -2.20.